The number of hydrogen-bond acceptors (Lipinski definition) is 2. The highest BCUT2D eigenvalue weighted by atomic mass is 32.1. The van der Waals surface area contributed by atoms with Gasteiger partial charge in [0.15, 0.2) is 0 Å². The number of rotatable bonds is 1. The van der Waals surface area contributed by atoms with Crippen molar-refractivity contribution in [2.24, 2.45) is 5.92 Å². The average molecular weight is 247 g/mol. The van der Waals surface area contributed by atoms with Crippen molar-refractivity contribution in [3.8, 4) is 0 Å². The highest BCUT2D eigenvalue weighted by molar-refractivity contribution is 7.80. The van der Waals surface area contributed by atoms with Crippen LogP contribution in [0.3, 0.4) is 0 Å². The quantitative estimate of drug-likeness (QED) is 0.770. The first-order chi connectivity index (χ1) is 8.34. The highest BCUT2D eigenvalue weighted by Crippen LogP contribution is 2.38. The van der Waals surface area contributed by atoms with Gasteiger partial charge in [-0.2, -0.15) is 0 Å². The fraction of sp³-hybridized carbons (Fsp3) is 0.500. The Morgan fingerprint density at radius 1 is 1.12 bits per heavy atom. The van der Waals surface area contributed by atoms with Crippen molar-refractivity contribution in [3.63, 3.8) is 0 Å². The summed E-state index contributed by atoms with van der Waals surface area (Å²) in [6.45, 7) is 0. The normalized spacial score (nSPS) is 32.2. The summed E-state index contributed by atoms with van der Waals surface area (Å²) in [4.78, 5) is 0. The van der Waals surface area contributed by atoms with Crippen LogP contribution in [0.1, 0.15) is 37.3 Å². The van der Waals surface area contributed by atoms with E-state index < -0.39 is 0 Å². The summed E-state index contributed by atoms with van der Waals surface area (Å²) in [7, 11) is 0. The van der Waals surface area contributed by atoms with Crippen LogP contribution in [0.2, 0.25) is 0 Å². The van der Waals surface area contributed by atoms with Crippen LogP contribution in [0.15, 0.2) is 30.3 Å². The maximum Gasteiger partial charge on any atom is 0.257 e. The highest BCUT2D eigenvalue weighted by Gasteiger charge is 2.38. The molecule has 3 rings (SSSR count). The molecule has 3 atom stereocenters. The van der Waals surface area contributed by atoms with Crippen LogP contribution >= 0.6 is 12.2 Å². The van der Waals surface area contributed by atoms with Crippen molar-refractivity contribution in [1.82, 2.24) is 5.32 Å². The number of fused-ring (bicyclic) bond motifs is 1. The summed E-state index contributed by atoms with van der Waals surface area (Å²) in [5, 5.41) is 3.91. The van der Waals surface area contributed by atoms with Crippen LogP contribution in [0, 0.1) is 5.92 Å². The van der Waals surface area contributed by atoms with Gasteiger partial charge >= 0.3 is 0 Å². The number of ether oxygens (including phenoxy) is 1. The summed E-state index contributed by atoms with van der Waals surface area (Å²) < 4.78 is 5.76. The molecule has 0 amide bonds. The van der Waals surface area contributed by atoms with Gasteiger partial charge < -0.3 is 10.1 Å². The minimum absolute atomic E-state index is 0.322. The van der Waals surface area contributed by atoms with Crippen molar-refractivity contribution in [3.05, 3.63) is 35.9 Å². The molecular formula is C14H17NOS. The predicted molar refractivity (Wildman–Crippen MR) is 71.7 cm³/mol. The summed E-state index contributed by atoms with van der Waals surface area (Å²) in [5.41, 5.74) is 1.33. The summed E-state index contributed by atoms with van der Waals surface area (Å²) in [5.74, 6) is 0.567. The van der Waals surface area contributed by atoms with Gasteiger partial charge in [-0.3, -0.25) is 0 Å². The molecule has 0 bridgehead atoms. The molecule has 0 aromatic heterocycles. The van der Waals surface area contributed by atoms with Gasteiger partial charge in [-0.05, 0) is 37.0 Å². The van der Waals surface area contributed by atoms with Gasteiger partial charge in [0.1, 0.15) is 6.10 Å². The molecule has 1 heterocycles. The smallest absolute Gasteiger partial charge is 0.257 e. The third-order valence-electron chi connectivity index (χ3n) is 3.87. The molecule has 2 fully saturated rings. The van der Waals surface area contributed by atoms with Gasteiger partial charge in [0.05, 0.1) is 6.04 Å². The van der Waals surface area contributed by atoms with Gasteiger partial charge in [0.25, 0.3) is 5.17 Å². The third kappa shape index (κ3) is 2.16. The topological polar surface area (TPSA) is 21.3 Å². The molecule has 1 aliphatic carbocycles. The van der Waals surface area contributed by atoms with E-state index in [1.54, 1.807) is 0 Å². The number of hydrogen-bond donors (Lipinski definition) is 1. The first-order valence-electron chi connectivity index (χ1n) is 6.37. The lowest BCUT2D eigenvalue weighted by Crippen LogP contribution is -2.48. The third-order valence-corrected chi connectivity index (χ3v) is 4.09. The lowest BCUT2D eigenvalue weighted by molar-refractivity contribution is 0.0334. The second kappa shape index (κ2) is 4.65. The van der Waals surface area contributed by atoms with E-state index in [0.29, 0.717) is 23.2 Å². The van der Waals surface area contributed by atoms with Crippen LogP contribution in [0.25, 0.3) is 0 Å². The maximum atomic E-state index is 5.76. The van der Waals surface area contributed by atoms with Crippen LogP contribution in [-0.2, 0) is 4.74 Å². The van der Waals surface area contributed by atoms with Crippen molar-refractivity contribution in [2.45, 2.75) is 37.8 Å². The Labute approximate surface area is 107 Å². The fourth-order valence-electron chi connectivity index (χ4n) is 3.05. The van der Waals surface area contributed by atoms with E-state index >= 15 is 0 Å². The number of nitrogens with one attached hydrogen (secondary N) is 1. The monoisotopic (exact) mass is 247 g/mol. The molecule has 1 aromatic rings. The zero-order chi connectivity index (χ0) is 11.7. The van der Waals surface area contributed by atoms with E-state index in [4.69, 9.17) is 17.0 Å². The molecule has 1 N–H and O–H groups in total. The van der Waals surface area contributed by atoms with E-state index in [1.165, 1.54) is 24.8 Å². The zero-order valence-corrected chi connectivity index (χ0v) is 10.6. The van der Waals surface area contributed by atoms with E-state index in [0.717, 1.165) is 6.42 Å². The van der Waals surface area contributed by atoms with Gasteiger partial charge in [-0.25, -0.2) is 0 Å². The standard InChI is InChI=1S/C14H17NOS/c17-14-15-13(10-6-2-1-3-7-10)11-8-4-5-9-12(11)16-14/h1-3,6-7,11-13H,4-5,8-9H2,(H,15,17)/t11-,12+,13-/m0/s1. The van der Waals surface area contributed by atoms with Crippen molar-refractivity contribution < 1.29 is 4.74 Å². The first kappa shape index (κ1) is 11.0. The number of benzene rings is 1. The van der Waals surface area contributed by atoms with E-state index in [9.17, 15) is 0 Å². The Morgan fingerprint density at radius 2 is 1.88 bits per heavy atom. The van der Waals surface area contributed by atoms with Crippen molar-refractivity contribution >= 4 is 17.4 Å². The maximum absolute atomic E-state index is 5.76. The van der Waals surface area contributed by atoms with Gasteiger partial charge in [-0.15, -0.1) is 0 Å². The molecule has 1 saturated carbocycles. The van der Waals surface area contributed by atoms with Gasteiger partial charge in [-0.1, -0.05) is 36.8 Å². The van der Waals surface area contributed by atoms with Crippen molar-refractivity contribution in [1.29, 1.82) is 0 Å². The molecular weight excluding hydrogens is 230 g/mol. The average Bonchev–Trinajstić information content (AvgIpc) is 2.39. The van der Waals surface area contributed by atoms with E-state index in [-0.39, 0.29) is 0 Å². The minimum Gasteiger partial charge on any atom is -0.467 e. The lowest BCUT2D eigenvalue weighted by Gasteiger charge is -2.42. The summed E-state index contributed by atoms with van der Waals surface area (Å²) in [6.07, 6.45) is 5.28. The van der Waals surface area contributed by atoms with Crippen LogP contribution in [0.4, 0.5) is 0 Å². The van der Waals surface area contributed by atoms with Gasteiger partial charge in [0.2, 0.25) is 0 Å². The van der Waals surface area contributed by atoms with Crippen molar-refractivity contribution in [2.75, 3.05) is 0 Å². The van der Waals surface area contributed by atoms with Crippen LogP contribution in [-0.4, -0.2) is 11.3 Å². The SMILES string of the molecule is S=C1N[C@@H](c2ccccc2)[C@H]2CCCC[C@H]2O1. The minimum atomic E-state index is 0.322. The Hall–Kier alpha value is -1.09. The van der Waals surface area contributed by atoms with Crippen LogP contribution in [0.5, 0.6) is 0 Å². The second-order valence-electron chi connectivity index (χ2n) is 4.92. The molecule has 17 heavy (non-hydrogen) atoms. The lowest BCUT2D eigenvalue weighted by atomic mass is 9.78. The molecule has 2 aliphatic rings. The van der Waals surface area contributed by atoms with Crippen LogP contribution < -0.4 is 5.32 Å². The Balaban J connectivity index is 1.88. The van der Waals surface area contributed by atoms with E-state index in [1.807, 2.05) is 0 Å². The van der Waals surface area contributed by atoms with Gasteiger partial charge in [0, 0.05) is 5.92 Å². The molecule has 1 aliphatic heterocycles. The zero-order valence-electron chi connectivity index (χ0n) is 9.76. The summed E-state index contributed by atoms with van der Waals surface area (Å²) in [6, 6.07) is 10.9. The molecule has 2 nitrogen and oxygen atoms in total. The molecule has 0 spiro atoms. The fourth-order valence-corrected chi connectivity index (χ4v) is 3.30. The summed E-state index contributed by atoms with van der Waals surface area (Å²) >= 11 is 5.22. The molecule has 1 aromatic carbocycles. The second-order valence-corrected chi connectivity index (χ2v) is 5.30. The molecule has 0 radical (unpaired) electrons. The molecule has 3 heteroatoms. The Bertz CT molecular complexity index is 406. The number of thiocarbonyl (C=S) groups is 1. The van der Waals surface area contributed by atoms with E-state index in [2.05, 4.69) is 35.6 Å². The molecule has 1 saturated heterocycles. The largest absolute Gasteiger partial charge is 0.467 e. The predicted octanol–water partition coefficient (Wildman–Crippen LogP) is 3.19. The molecule has 0 unspecified atom stereocenters. The first-order valence-corrected chi connectivity index (χ1v) is 6.77. The molecule has 90 valence electrons. The Kier molecular flexibility index (Phi) is 3.02. The Morgan fingerprint density at radius 3 is 2.71 bits per heavy atom.